The molecule has 0 aliphatic heterocycles. The van der Waals surface area contributed by atoms with E-state index in [1.165, 1.54) is 6.42 Å². The third-order valence-corrected chi connectivity index (χ3v) is 5.56. The number of nitrogens with one attached hydrogen (secondary N) is 2. The van der Waals surface area contributed by atoms with Crippen LogP contribution in [-0.4, -0.2) is 26.0 Å². The van der Waals surface area contributed by atoms with Crippen molar-refractivity contribution in [2.24, 2.45) is 5.92 Å². The van der Waals surface area contributed by atoms with Crippen LogP contribution in [0.5, 0.6) is 11.5 Å². The van der Waals surface area contributed by atoms with Crippen LogP contribution in [0.3, 0.4) is 0 Å². The van der Waals surface area contributed by atoms with Gasteiger partial charge in [0.2, 0.25) is 5.91 Å². The highest BCUT2D eigenvalue weighted by Gasteiger charge is 2.23. The second kappa shape index (κ2) is 9.78. The molecule has 1 fully saturated rings. The van der Waals surface area contributed by atoms with E-state index in [4.69, 9.17) is 9.47 Å². The third-order valence-electron chi connectivity index (χ3n) is 5.07. The van der Waals surface area contributed by atoms with E-state index in [9.17, 15) is 9.59 Å². The Hall–Kier alpha value is -2.54. The number of ether oxygens (including phenoxy) is 2. The fraction of sp³-hybridized carbons (Fsp3) is 0.364. The number of methoxy groups -OCH3 is 2. The molecule has 0 atom stereocenters. The summed E-state index contributed by atoms with van der Waals surface area (Å²) in [5.41, 5.74) is 1.42. The van der Waals surface area contributed by atoms with Gasteiger partial charge in [-0.15, -0.1) is 0 Å². The minimum atomic E-state index is -0.327. The van der Waals surface area contributed by atoms with Crippen LogP contribution >= 0.6 is 15.9 Å². The molecule has 29 heavy (non-hydrogen) atoms. The molecule has 2 amide bonds. The summed E-state index contributed by atoms with van der Waals surface area (Å²) < 4.78 is 11.3. The zero-order valence-electron chi connectivity index (χ0n) is 16.6. The molecule has 0 spiro atoms. The van der Waals surface area contributed by atoms with Crippen LogP contribution in [0.2, 0.25) is 0 Å². The summed E-state index contributed by atoms with van der Waals surface area (Å²) in [7, 11) is 3.10. The summed E-state index contributed by atoms with van der Waals surface area (Å²) in [6.45, 7) is 0. The topological polar surface area (TPSA) is 76.7 Å². The van der Waals surface area contributed by atoms with Crippen molar-refractivity contribution in [1.29, 1.82) is 0 Å². The lowest BCUT2D eigenvalue weighted by atomic mass is 9.88. The van der Waals surface area contributed by atoms with Crippen molar-refractivity contribution in [2.45, 2.75) is 32.1 Å². The molecular weight excluding hydrogens is 436 g/mol. The monoisotopic (exact) mass is 460 g/mol. The smallest absolute Gasteiger partial charge is 0.257 e. The maximum Gasteiger partial charge on any atom is 0.257 e. The highest BCUT2D eigenvalue weighted by Crippen LogP contribution is 2.29. The molecule has 0 heterocycles. The lowest BCUT2D eigenvalue weighted by Crippen LogP contribution is -2.26. The molecule has 0 saturated heterocycles. The van der Waals surface area contributed by atoms with Gasteiger partial charge in [0.1, 0.15) is 11.5 Å². The summed E-state index contributed by atoms with van der Waals surface area (Å²) in [4.78, 5) is 25.6. The molecule has 0 aromatic heterocycles. The number of benzene rings is 2. The molecule has 1 aliphatic carbocycles. The molecule has 2 aromatic rings. The zero-order chi connectivity index (χ0) is 20.8. The van der Waals surface area contributed by atoms with Crippen molar-refractivity contribution < 1.29 is 19.1 Å². The average molecular weight is 461 g/mol. The first-order chi connectivity index (χ1) is 14.0. The summed E-state index contributed by atoms with van der Waals surface area (Å²) in [6, 6.07) is 10.4. The normalized spacial score (nSPS) is 14.2. The lowest BCUT2D eigenvalue weighted by molar-refractivity contribution is -0.120. The van der Waals surface area contributed by atoms with Crippen LogP contribution < -0.4 is 20.1 Å². The molecule has 2 aromatic carbocycles. The molecule has 6 nitrogen and oxygen atoms in total. The van der Waals surface area contributed by atoms with Gasteiger partial charge in [-0.25, -0.2) is 0 Å². The third kappa shape index (κ3) is 5.50. The van der Waals surface area contributed by atoms with E-state index in [1.807, 2.05) is 0 Å². The number of hydrogen-bond donors (Lipinski definition) is 2. The summed E-state index contributed by atoms with van der Waals surface area (Å²) in [6.07, 6.45) is 5.11. The van der Waals surface area contributed by atoms with Crippen LogP contribution in [0.1, 0.15) is 42.5 Å². The maximum atomic E-state index is 12.9. The fourth-order valence-corrected chi connectivity index (χ4v) is 3.86. The Morgan fingerprint density at radius 2 is 1.59 bits per heavy atom. The number of rotatable bonds is 6. The van der Waals surface area contributed by atoms with Crippen LogP contribution in [0.15, 0.2) is 40.9 Å². The molecule has 154 valence electrons. The van der Waals surface area contributed by atoms with Crippen molar-refractivity contribution in [3.8, 4) is 11.5 Å². The Kier molecular flexibility index (Phi) is 7.14. The summed E-state index contributed by atoms with van der Waals surface area (Å²) in [5, 5.41) is 5.81. The highest BCUT2D eigenvalue weighted by molar-refractivity contribution is 9.10. The zero-order valence-corrected chi connectivity index (χ0v) is 18.2. The van der Waals surface area contributed by atoms with Gasteiger partial charge in [-0.1, -0.05) is 35.2 Å². The van der Waals surface area contributed by atoms with Gasteiger partial charge in [-0.2, -0.15) is 0 Å². The van der Waals surface area contributed by atoms with Crippen LogP contribution in [0.4, 0.5) is 11.4 Å². The van der Waals surface area contributed by atoms with Crippen LogP contribution in [0, 0.1) is 5.92 Å². The Morgan fingerprint density at radius 3 is 2.21 bits per heavy atom. The van der Waals surface area contributed by atoms with Crippen molar-refractivity contribution in [1.82, 2.24) is 0 Å². The van der Waals surface area contributed by atoms with Crippen molar-refractivity contribution in [3.63, 3.8) is 0 Å². The van der Waals surface area contributed by atoms with Gasteiger partial charge >= 0.3 is 0 Å². The Morgan fingerprint density at radius 1 is 0.931 bits per heavy atom. The molecule has 0 unspecified atom stereocenters. The van der Waals surface area contributed by atoms with Gasteiger partial charge in [0.25, 0.3) is 5.91 Å². The van der Waals surface area contributed by atoms with E-state index in [0.29, 0.717) is 28.4 Å². The Balaban J connectivity index is 1.81. The minimum absolute atomic E-state index is 0.00119. The quantitative estimate of drug-likeness (QED) is 0.617. The Bertz CT molecular complexity index is 872. The first-order valence-electron chi connectivity index (χ1n) is 9.65. The maximum absolute atomic E-state index is 12.9. The van der Waals surface area contributed by atoms with E-state index in [0.717, 1.165) is 30.2 Å². The summed E-state index contributed by atoms with van der Waals surface area (Å²) >= 11 is 3.42. The molecule has 7 heteroatoms. The molecule has 0 radical (unpaired) electrons. The minimum Gasteiger partial charge on any atom is -0.497 e. The van der Waals surface area contributed by atoms with Gasteiger partial charge < -0.3 is 20.1 Å². The standard InChI is InChI=1S/C22H25BrN2O4/c1-28-17-11-16(12-18(13-17)29-2)24-22(27)19-9-8-15(23)10-20(19)25-21(26)14-6-4-3-5-7-14/h8-14H,3-7H2,1-2H3,(H,24,27)(H,25,26). The number of anilines is 2. The van der Waals surface area contributed by atoms with Gasteiger partial charge in [-0.3, -0.25) is 9.59 Å². The van der Waals surface area contributed by atoms with Crippen LogP contribution in [0.25, 0.3) is 0 Å². The van der Waals surface area contributed by atoms with Crippen molar-refractivity contribution in [3.05, 3.63) is 46.4 Å². The average Bonchev–Trinajstić information content (AvgIpc) is 2.74. The predicted molar refractivity (Wildman–Crippen MR) is 117 cm³/mol. The van der Waals surface area contributed by atoms with E-state index in [2.05, 4.69) is 26.6 Å². The van der Waals surface area contributed by atoms with Crippen molar-refractivity contribution >= 4 is 39.1 Å². The molecular formula is C22H25BrN2O4. The number of carbonyl (C=O) groups excluding carboxylic acids is 2. The van der Waals surface area contributed by atoms with E-state index >= 15 is 0 Å². The van der Waals surface area contributed by atoms with Crippen LogP contribution in [-0.2, 0) is 4.79 Å². The fourth-order valence-electron chi connectivity index (χ4n) is 3.50. The number of hydrogen-bond acceptors (Lipinski definition) is 4. The molecule has 1 saturated carbocycles. The van der Waals surface area contributed by atoms with E-state index < -0.39 is 0 Å². The summed E-state index contributed by atoms with van der Waals surface area (Å²) in [5.74, 6) is 0.788. The van der Waals surface area contributed by atoms with Crippen molar-refractivity contribution in [2.75, 3.05) is 24.9 Å². The van der Waals surface area contributed by atoms with Gasteiger partial charge in [0, 0.05) is 34.3 Å². The molecule has 3 rings (SSSR count). The number of amides is 2. The number of carbonyl (C=O) groups is 2. The molecule has 1 aliphatic rings. The molecule has 0 bridgehead atoms. The lowest BCUT2D eigenvalue weighted by Gasteiger charge is -2.21. The highest BCUT2D eigenvalue weighted by atomic mass is 79.9. The van der Waals surface area contributed by atoms with Gasteiger partial charge in [-0.05, 0) is 31.0 Å². The number of halogens is 1. The Labute approximate surface area is 179 Å². The van der Waals surface area contributed by atoms with Gasteiger partial charge in [0.15, 0.2) is 0 Å². The van der Waals surface area contributed by atoms with E-state index in [1.54, 1.807) is 50.6 Å². The predicted octanol–water partition coefficient (Wildman–Crippen LogP) is 5.24. The molecule has 2 N–H and O–H groups in total. The SMILES string of the molecule is COc1cc(NC(=O)c2ccc(Br)cc2NC(=O)C2CCCCC2)cc(OC)c1. The second-order valence-electron chi connectivity index (χ2n) is 7.07. The second-order valence-corrected chi connectivity index (χ2v) is 7.99. The van der Waals surface area contributed by atoms with Gasteiger partial charge in [0.05, 0.1) is 25.5 Å². The first kappa shape index (κ1) is 21.2. The largest absolute Gasteiger partial charge is 0.497 e. The first-order valence-corrected chi connectivity index (χ1v) is 10.4. The van der Waals surface area contributed by atoms with E-state index in [-0.39, 0.29) is 17.7 Å².